The third-order valence-corrected chi connectivity index (χ3v) is 13.3. The van der Waals surface area contributed by atoms with Crippen LogP contribution >= 0.6 is 22.7 Å². The Bertz CT molecular complexity index is 3220. The molecule has 258 valence electrons. The first-order chi connectivity index (χ1) is 27.3. The average molecular weight is 736 g/mol. The highest BCUT2D eigenvalue weighted by atomic mass is 32.1. The molecule has 0 fully saturated rings. The number of nitrogens with zero attached hydrogens (tertiary/aromatic N) is 1. The Balaban J connectivity index is 1.07. The maximum absolute atomic E-state index is 2.41. The number of thiophene rings is 2. The summed E-state index contributed by atoms with van der Waals surface area (Å²) in [6, 6.07) is 73.4. The van der Waals surface area contributed by atoms with E-state index in [1.807, 2.05) is 22.7 Å². The Morgan fingerprint density at radius 1 is 0.291 bits per heavy atom. The Labute approximate surface area is 327 Å². The summed E-state index contributed by atoms with van der Waals surface area (Å²) in [4.78, 5) is 2.41. The van der Waals surface area contributed by atoms with E-state index in [2.05, 4.69) is 205 Å². The number of benzene rings is 9. The van der Waals surface area contributed by atoms with Gasteiger partial charge in [-0.25, -0.2) is 0 Å². The van der Waals surface area contributed by atoms with Crippen molar-refractivity contribution in [2.24, 2.45) is 0 Å². The number of anilines is 3. The molecular formula is C52H33NS2. The third kappa shape index (κ3) is 5.43. The predicted molar refractivity (Wildman–Crippen MR) is 241 cm³/mol. The minimum atomic E-state index is 1.11. The molecule has 0 atom stereocenters. The van der Waals surface area contributed by atoms with Crippen LogP contribution in [0.1, 0.15) is 0 Å². The van der Waals surface area contributed by atoms with E-state index in [4.69, 9.17) is 0 Å². The highest BCUT2D eigenvalue weighted by Gasteiger charge is 2.18. The summed E-state index contributed by atoms with van der Waals surface area (Å²) in [6.07, 6.45) is 0. The molecule has 11 rings (SSSR count). The molecule has 2 heterocycles. The molecule has 11 aromatic rings. The quantitative estimate of drug-likeness (QED) is 0.164. The topological polar surface area (TPSA) is 3.24 Å². The molecule has 0 N–H and O–H groups in total. The monoisotopic (exact) mass is 735 g/mol. The smallest absolute Gasteiger partial charge is 0.0467 e. The Hall–Kier alpha value is -6.52. The van der Waals surface area contributed by atoms with E-state index >= 15 is 0 Å². The molecule has 0 radical (unpaired) electrons. The number of rotatable bonds is 6. The zero-order valence-corrected chi connectivity index (χ0v) is 31.4. The molecule has 0 unspecified atom stereocenters. The first-order valence-electron chi connectivity index (χ1n) is 18.7. The fourth-order valence-electron chi connectivity index (χ4n) is 8.29. The second kappa shape index (κ2) is 13.1. The van der Waals surface area contributed by atoms with Gasteiger partial charge in [0.05, 0.1) is 0 Å². The van der Waals surface area contributed by atoms with Crippen LogP contribution in [0.2, 0.25) is 0 Å². The van der Waals surface area contributed by atoms with Gasteiger partial charge in [-0.15, -0.1) is 22.7 Å². The van der Waals surface area contributed by atoms with Gasteiger partial charge in [-0.1, -0.05) is 152 Å². The van der Waals surface area contributed by atoms with Crippen LogP contribution in [0.3, 0.4) is 0 Å². The first-order valence-corrected chi connectivity index (χ1v) is 20.3. The van der Waals surface area contributed by atoms with Crippen molar-refractivity contribution in [3.63, 3.8) is 0 Å². The highest BCUT2D eigenvalue weighted by Crippen LogP contribution is 2.44. The molecule has 0 bridgehead atoms. The van der Waals surface area contributed by atoms with Crippen LogP contribution in [0.25, 0.3) is 84.5 Å². The SMILES string of the molecule is c1cc(-c2cccc3ccccc23)cc(N(c2ccc(-c3cccc4c3sc3ccccc34)cc2)c2cccc(-c3cccc4c3sc3ccccc34)c2)c1. The van der Waals surface area contributed by atoms with Gasteiger partial charge in [0.15, 0.2) is 0 Å². The van der Waals surface area contributed by atoms with Crippen LogP contribution in [-0.2, 0) is 0 Å². The third-order valence-electron chi connectivity index (χ3n) is 10.9. The van der Waals surface area contributed by atoms with Crippen molar-refractivity contribution < 1.29 is 0 Å². The lowest BCUT2D eigenvalue weighted by Gasteiger charge is -2.27. The average Bonchev–Trinajstić information content (AvgIpc) is 3.83. The summed E-state index contributed by atoms with van der Waals surface area (Å²) in [6.45, 7) is 0. The van der Waals surface area contributed by atoms with Gasteiger partial charge in [0.1, 0.15) is 0 Å². The van der Waals surface area contributed by atoms with Crippen molar-refractivity contribution in [3.05, 3.63) is 200 Å². The van der Waals surface area contributed by atoms with E-state index in [1.54, 1.807) is 0 Å². The molecule has 2 aromatic heterocycles. The van der Waals surface area contributed by atoms with Crippen LogP contribution in [0.5, 0.6) is 0 Å². The summed E-state index contributed by atoms with van der Waals surface area (Å²) >= 11 is 3.76. The zero-order valence-electron chi connectivity index (χ0n) is 29.8. The molecule has 1 nitrogen and oxygen atoms in total. The lowest BCUT2D eigenvalue weighted by atomic mass is 9.97. The second-order valence-corrected chi connectivity index (χ2v) is 16.2. The molecule has 9 aromatic carbocycles. The summed E-state index contributed by atoms with van der Waals surface area (Å²) in [5, 5.41) is 7.77. The van der Waals surface area contributed by atoms with Gasteiger partial charge in [0.2, 0.25) is 0 Å². The molecule has 3 heteroatoms. The fraction of sp³-hybridized carbons (Fsp3) is 0. The van der Waals surface area contributed by atoms with Gasteiger partial charge in [-0.3, -0.25) is 0 Å². The van der Waals surface area contributed by atoms with E-state index in [0.717, 1.165) is 17.1 Å². The van der Waals surface area contributed by atoms with Gasteiger partial charge >= 0.3 is 0 Å². The Kier molecular flexibility index (Phi) is 7.61. The Morgan fingerprint density at radius 2 is 0.745 bits per heavy atom. The molecular weight excluding hydrogens is 703 g/mol. The number of fused-ring (bicyclic) bond motifs is 7. The van der Waals surface area contributed by atoms with Crippen LogP contribution in [0, 0.1) is 0 Å². The van der Waals surface area contributed by atoms with Crippen LogP contribution < -0.4 is 4.90 Å². The van der Waals surface area contributed by atoms with Crippen molar-refractivity contribution in [1.29, 1.82) is 0 Å². The lowest BCUT2D eigenvalue weighted by molar-refractivity contribution is 1.28. The summed E-state index contributed by atoms with van der Waals surface area (Å²) in [5.74, 6) is 0. The van der Waals surface area contributed by atoms with E-state index in [1.165, 1.54) is 84.5 Å². The van der Waals surface area contributed by atoms with Gasteiger partial charge in [-0.2, -0.15) is 0 Å². The summed E-state index contributed by atoms with van der Waals surface area (Å²) in [7, 11) is 0. The maximum Gasteiger partial charge on any atom is 0.0467 e. The molecule has 0 aliphatic carbocycles. The standard InChI is InChI=1S/C52H33NS2/c1-2-18-41-34(12-1)13-9-21-42(41)36-14-7-16-39(32-36)53(38-30-28-35(29-31-38)43-22-10-24-47-45-19-3-5-26-49(45)54-51(43)47)40-17-8-15-37(33-40)44-23-11-25-48-46-20-4-6-27-50(46)55-52(44)48/h1-33H. The molecule has 0 aliphatic heterocycles. The predicted octanol–water partition coefficient (Wildman–Crippen LogP) is 16.0. The minimum Gasteiger partial charge on any atom is -0.310 e. The molecule has 0 saturated heterocycles. The number of hydrogen-bond donors (Lipinski definition) is 0. The van der Waals surface area contributed by atoms with Gasteiger partial charge < -0.3 is 4.90 Å². The van der Waals surface area contributed by atoms with Crippen molar-refractivity contribution in [2.45, 2.75) is 0 Å². The molecule has 0 saturated carbocycles. The lowest BCUT2D eigenvalue weighted by Crippen LogP contribution is -2.10. The van der Waals surface area contributed by atoms with Gasteiger partial charge in [0, 0.05) is 57.4 Å². The fourth-order valence-corrected chi connectivity index (χ4v) is 10.8. The zero-order chi connectivity index (χ0) is 36.3. The van der Waals surface area contributed by atoms with E-state index in [-0.39, 0.29) is 0 Å². The molecule has 55 heavy (non-hydrogen) atoms. The second-order valence-electron chi connectivity index (χ2n) is 14.1. The van der Waals surface area contributed by atoms with Crippen LogP contribution in [0.4, 0.5) is 17.1 Å². The maximum atomic E-state index is 2.41. The van der Waals surface area contributed by atoms with Gasteiger partial charge in [-0.05, 0) is 92.7 Å². The normalized spacial score (nSPS) is 11.6. The minimum absolute atomic E-state index is 1.11. The van der Waals surface area contributed by atoms with E-state index in [9.17, 15) is 0 Å². The molecule has 0 aliphatic rings. The van der Waals surface area contributed by atoms with Gasteiger partial charge in [0.25, 0.3) is 0 Å². The summed E-state index contributed by atoms with van der Waals surface area (Å²) < 4.78 is 5.30. The van der Waals surface area contributed by atoms with Crippen molar-refractivity contribution in [3.8, 4) is 33.4 Å². The van der Waals surface area contributed by atoms with Crippen molar-refractivity contribution in [2.75, 3.05) is 4.90 Å². The van der Waals surface area contributed by atoms with Crippen molar-refractivity contribution in [1.82, 2.24) is 0 Å². The number of hydrogen-bond acceptors (Lipinski definition) is 3. The first kappa shape index (κ1) is 32.0. The van der Waals surface area contributed by atoms with Crippen molar-refractivity contribution >= 4 is 90.9 Å². The van der Waals surface area contributed by atoms with E-state index in [0.29, 0.717) is 0 Å². The molecule has 0 amide bonds. The highest BCUT2D eigenvalue weighted by molar-refractivity contribution is 7.26. The van der Waals surface area contributed by atoms with Crippen LogP contribution in [-0.4, -0.2) is 0 Å². The summed E-state index contributed by atoms with van der Waals surface area (Å²) in [5.41, 5.74) is 10.7. The largest absolute Gasteiger partial charge is 0.310 e. The molecule has 0 spiro atoms. The Morgan fingerprint density at radius 3 is 1.38 bits per heavy atom. The van der Waals surface area contributed by atoms with Crippen LogP contribution in [0.15, 0.2) is 200 Å². The van der Waals surface area contributed by atoms with E-state index < -0.39 is 0 Å².